The second-order valence-corrected chi connectivity index (χ2v) is 7.08. The highest BCUT2D eigenvalue weighted by molar-refractivity contribution is 7.19. The molecule has 4 N–H and O–H groups in total. The van der Waals surface area contributed by atoms with Crippen LogP contribution in [0.5, 0.6) is 0 Å². The van der Waals surface area contributed by atoms with Gasteiger partial charge in [-0.1, -0.05) is 22.9 Å². The predicted octanol–water partition coefficient (Wildman–Crippen LogP) is 4.08. The van der Waals surface area contributed by atoms with E-state index in [-0.39, 0.29) is 5.56 Å². The molecular formula is C17H11ClN6O3S. The van der Waals surface area contributed by atoms with Gasteiger partial charge in [0.05, 0.1) is 27.7 Å². The van der Waals surface area contributed by atoms with Crippen molar-refractivity contribution in [3.8, 4) is 10.6 Å². The fourth-order valence-corrected chi connectivity index (χ4v) is 3.37. The van der Waals surface area contributed by atoms with Crippen molar-refractivity contribution in [2.75, 3.05) is 10.6 Å². The molecule has 11 heteroatoms. The lowest BCUT2D eigenvalue weighted by molar-refractivity contribution is 0.0699. The first-order chi connectivity index (χ1) is 13.5. The molecule has 0 unspecified atom stereocenters. The molecule has 0 radical (unpaired) electrons. The number of pyridine rings is 1. The summed E-state index contributed by atoms with van der Waals surface area (Å²) in [5.41, 5.74) is 1.43. The van der Waals surface area contributed by atoms with Crippen LogP contribution < -0.4 is 10.6 Å². The fourth-order valence-electron chi connectivity index (χ4n) is 2.48. The molecule has 4 aromatic rings. The first-order valence-electron chi connectivity index (χ1n) is 7.87. The van der Waals surface area contributed by atoms with Gasteiger partial charge in [0.1, 0.15) is 0 Å². The van der Waals surface area contributed by atoms with E-state index in [0.717, 1.165) is 11.3 Å². The monoisotopic (exact) mass is 414 g/mol. The van der Waals surface area contributed by atoms with Crippen LogP contribution in [0, 0.1) is 0 Å². The number of halogens is 1. The van der Waals surface area contributed by atoms with E-state index in [9.17, 15) is 14.7 Å². The molecule has 0 saturated carbocycles. The number of anilines is 2. The molecular weight excluding hydrogens is 404 g/mol. The highest BCUT2D eigenvalue weighted by atomic mass is 35.5. The summed E-state index contributed by atoms with van der Waals surface area (Å²) in [7, 11) is 0. The number of aromatic amines is 1. The van der Waals surface area contributed by atoms with Crippen LogP contribution in [0.1, 0.15) is 10.4 Å². The summed E-state index contributed by atoms with van der Waals surface area (Å²) in [5, 5.41) is 22.5. The van der Waals surface area contributed by atoms with Crippen molar-refractivity contribution in [2.24, 2.45) is 0 Å². The maximum absolute atomic E-state index is 12.1. The number of nitrogens with zero attached hydrogens (tertiary/aromatic N) is 3. The van der Waals surface area contributed by atoms with Gasteiger partial charge in [0.15, 0.2) is 10.8 Å². The number of H-pyrrole nitrogens is 1. The Balaban J connectivity index is 1.54. The smallest absolute Gasteiger partial charge is 0.336 e. The number of aromatic carboxylic acids is 1. The second-order valence-electron chi connectivity index (χ2n) is 5.61. The summed E-state index contributed by atoms with van der Waals surface area (Å²) in [6.45, 7) is 0. The van der Waals surface area contributed by atoms with Crippen LogP contribution in [-0.4, -0.2) is 37.3 Å². The van der Waals surface area contributed by atoms with Crippen LogP contribution in [0.25, 0.3) is 21.6 Å². The average Bonchev–Trinajstić information content (AvgIpc) is 3.31. The van der Waals surface area contributed by atoms with Crippen molar-refractivity contribution in [3.05, 3.63) is 53.3 Å². The zero-order valence-electron chi connectivity index (χ0n) is 13.9. The molecule has 0 aliphatic carbocycles. The third kappa shape index (κ3) is 3.63. The fraction of sp³-hybridized carbons (Fsp3) is 0. The van der Waals surface area contributed by atoms with Crippen molar-refractivity contribution in [1.29, 1.82) is 0 Å². The maximum Gasteiger partial charge on any atom is 0.336 e. The zero-order valence-corrected chi connectivity index (χ0v) is 15.5. The van der Waals surface area contributed by atoms with Crippen LogP contribution in [0.3, 0.4) is 0 Å². The lowest BCUT2D eigenvalue weighted by Gasteiger charge is -2.05. The van der Waals surface area contributed by atoms with E-state index < -0.39 is 12.0 Å². The Morgan fingerprint density at radius 2 is 1.93 bits per heavy atom. The van der Waals surface area contributed by atoms with Crippen LogP contribution >= 0.6 is 22.9 Å². The van der Waals surface area contributed by atoms with Gasteiger partial charge in [-0.25, -0.2) is 19.6 Å². The highest BCUT2D eigenvalue weighted by Crippen LogP contribution is 2.30. The average molecular weight is 415 g/mol. The number of carboxylic acid groups (broad SMARTS) is 1. The van der Waals surface area contributed by atoms with Gasteiger partial charge in [0, 0.05) is 16.9 Å². The topological polar surface area (TPSA) is 133 Å². The predicted molar refractivity (Wildman–Crippen MR) is 106 cm³/mol. The first-order valence-corrected chi connectivity index (χ1v) is 9.06. The summed E-state index contributed by atoms with van der Waals surface area (Å²) in [4.78, 5) is 32.7. The van der Waals surface area contributed by atoms with Gasteiger partial charge in [-0.05, 0) is 30.3 Å². The molecule has 3 aromatic heterocycles. The number of urea groups is 1. The van der Waals surface area contributed by atoms with Crippen molar-refractivity contribution in [1.82, 2.24) is 20.2 Å². The first kappa shape index (κ1) is 17.9. The van der Waals surface area contributed by atoms with Gasteiger partial charge in [0.2, 0.25) is 0 Å². The summed E-state index contributed by atoms with van der Waals surface area (Å²) in [6, 6.07) is 7.65. The molecule has 28 heavy (non-hydrogen) atoms. The Morgan fingerprint density at radius 3 is 2.68 bits per heavy atom. The maximum atomic E-state index is 12.1. The normalized spacial score (nSPS) is 10.8. The largest absolute Gasteiger partial charge is 0.478 e. The number of carbonyl (C=O) groups excluding carboxylic acids is 1. The second kappa shape index (κ2) is 7.25. The van der Waals surface area contributed by atoms with E-state index >= 15 is 0 Å². The van der Waals surface area contributed by atoms with Gasteiger partial charge in [-0.2, -0.15) is 5.10 Å². The third-order valence-corrected chi connectivity index (χ3v) is 4.92. The molecule has 0 atom stereocenters. The number of hydrogen-bond acceptors (Lipinski definition) is 6. The van der Waals surface area contributed by atoms with E-state index in [4.69, 9.17) is 11.6 Å². The molecule has 0 aliphatic rings. The zero-order chi connectivity index (χ0) is 19.7. The van der Waals surface area contributed by atoms with E-state index in [2.05, 4.69) is 30.8 Å². The number of thiazole rings is 1. The van der Waals surface area contributed by atoms with E-state index in [0.29, 0.717) is 37.4 Å². The van der Waals surface area contributed by atoms with E-state index in [1.807, 2.05) is 0 Å². The molecule has 9 nitrogen and oxygen atoms in total. The standard InChI is InChI=1S/C17H11ClN6O3S/c18-8-1-3-9(4-2-8)21-16(27)23-17-19-7-13(28-17)12-5-10(15(25)26)11-6-20-24-14(11)22-12/h1-7H,(H,25,26)(H,20,22,24)(H2,19,21,23,27). The number of fused-ring (bicyclic) bond motifs is 1. The number of hydrogen-bond donors (Lipinski definition) is 4. The van der Waals surface area contributed by atoms with Gasteiger partial charge in [-0.15, -0.1) is 0 Å². The Kier molecular flexibility index (Phi) is 4.63. The number of aromatic nitrogens is 4. The van der Waals surface area contributed by atoms with Crippen molar-refractivity contribution in [3.63, 3.8) is 0 Å². The van der Waals surface area contributed by atoms with Gasteiger partial charge in [-0.3, -0.25) is 10.4 Å². The molecule has 1 aromatic carbocycles. The van der Waals surface area contributed by atoms with Gasteiger partial charge in [0.25, 0.3) is 0 Å². The van der Waals surface area contributed by atoms with Crippen molar-refractivity contribution in [2.45, 2.75) is 0 Å². The molecule has 140 valence electrons. The number of amides is 2. The van der Waals surface area contributed by atoms with E-state index in [1.165, 1.54) is 18.5 Å². The quantitative estimate of drug-likeness (QED) is 0.397. The molecule has 3 heterocycles. The Labute approximate surface area is 166 Å². The molecule has 0 bridgehead atoms. The molecule has 0 fully saturated rings. The number of carboxylic acids is 1. The number of rotatable bonds is 4. The lowest BCUT2D eigenvalue weighted by atomic mass is 10.1. The minimum Gasteiger partial charge on any atom is -0.478 e. The summed E-state index contributed by atoms with van der Waals surface area (Å²) in [5.74, 6) is -1.08. The van der Waals surface area contributed by atoms with Crippen LogP contribution in [-0.2, 0) is 0 Å². The number of carbonyl (C=O) groups is 2. The SMILES string of the molecule is O=C(Nc1ccc(Cl)cc1)Nc1ncc(-c2cc(C(=O)O)c3cn[nH]c3n2)s1. The van der Waals surface area contributed by atoms with E-state index in [1.54, 1.807) is 24.3 Å². The highest BCUT2D eigenvalue weighted by Gasteiger charge is 2.16. The minimum atomic E-state index is -1.08. The van der Waals surface area contributed by atoms with Gasteiger partial charge < -0.3 is 10.4 Å². The van der Waals surface area contributed by atoms with Crippen LogP contribution in [0.4, 0.5) is 15.6 Å². The van der Waals surface area contributed by atoms with Crippen LogP contribution in [0.15, 0.2) is 42.7 Å². The molecule has 0 aliphatic heterocycles. The van der Waals surface area contributed by atoms with Crippen LogP contribution in [0.2, 0.25) is 5.02 Å². The molecule has 4 rings (SSSR count). The number of nitrogens with one attached hydrogen (secondary N) is 3. The van der Waals surface area contributed by atoms with Crippen molar-refractivity contribution >= 4 is 56.8 Å². The lowest BCUT2D eigenvalue weighted by Crippen LogP contribution is -2.19. The Hall–Kier alpha value is -3.50. The molecule has 2 amide bonds. The Morgan fingerprint density at radius 1 is 1.14 bits per heavy atom. The molecule has 0 spiro atoms. The Bertz CT molecular complexity index is 1190. The minimum absolute atomic E-state index is 0.0807. The summed E-state index contributed by atoms with van der Waals surface area (Å²) >= 11 is 6.98. The van der Waals surface area contributed by atoms with Crippen molar-refractivity contribution < 1.29 is 14.7 Å². The summed E-state index contributed by atoms with van der Waals surface area (Å²) in [6.07, 6.45) is 2.93. The summed E-state index contributed by atoms with van der Waals surface area (Å²) < 4.78 is 0. The van der Waals surface area contributed by atoms with Gasteiger partial charge >= 0.3 is 12.0 Å². The third-order valence-electron chi connectivity index (χ3n) is 3.73. The molecule has 0 saturated heterocycles. The number of benzene rings is 1.